The first-order valence-corrected chi connectivity index (χ1v) is 14.4. The van der Waals surface area contributed by atoms with Crippen molar-refractivity contribution in [3.8, 4) is 0 Å². The molecule has 3 rings (SSSR count). The molecule has 0 radical (unpaired) electrons. The van der Waals surface area contributed by atoms with Gasteiger partial charge >= 0.3 is 0 Å². The minimum Gasteiger partial charge on any atom is -0.545 e. The second-order valence-corrected chi connectivity index (χ2v) is 9.78. The average molecular weight is 531 g/mol. The Balaban J connectivity index is 0.000000285. The van der Waals surface area contributed by atoms with Crippen LogP contribution in [0.25, 0.3) is 0 Å². The number of carboxylic acid groups (broad SMARTS) is 2. The van der Waals surface area contributed by atoms with E-state index in [2.05, 4.69) is 75.2 Å². The summed E-state index contributed by atoms with van der Waals surface area (Å²) >= 11 is 0. The summed E-state index contributed by atoms with van der Waals surface area (Å²) in [5.74, 6) is -0.165. The van der Waals surface area contributed by atoms with Crippen LogP contribution in [-0.4, -0.2) is 70.0 Å². The molecule has 0 unspecified atom stereocenters. The number of nitrogens with one attached hydrogen (secondary N) is 2. The number of rotatable bonds is 10. The fraction of sp³-hybridized carbons (Fsp3) is 0.667. The van der Waals surface area contributed by atoms with Crippen molar-refractivity contribution in [2.45, 2.75) is 105 Å². The van der Waals surface area contributed by atoms with Crippen molar-refractivity contribution >= 4 is 23.6 Å². The minimum absolute atomic E-state index is 0.363. The number of likely N-dealkylation sites (N-methyl/N-ethyl adjacent to an activating group) is 2. The topological polar surface area (TPSA) is 110 Å². The van der Waals surface area contributed by atoms with Crippen LogP contribution in [0.3, 0.4) is 0 Å². The summed E-state index contributed by atoms with van der Waals surface area (Å²) in [7, 11) is 0. The van der Waals surface area contributed by atoms with Crippen LogP contribution in [0.15, 0.2) is 24.3 Å². The number of hydrogen-bond acceptors (Lipinski definition) is 6. The summed E-state index contributed by atoms with van der Waals surface area (Å²) in [5.41, 5.74) is 0.0789. The molecule has 0 aliphatic carbocycles. The van der Waals surface area contributed by atoms with Crippen LogP contribution in [0.2, 0.25) is 0 Å². The van der Waals surface area contributed by atoms with Crippen molar-refractivity contribution in [1.29, 1.82) is 0 Å². The summed E-state index contributed by atoms with van der Waals surface area (Å²) in [6.45, 7) is 22.7. The molecule has 8 heteroatoms. The lowest BCUT2D eigenvalue weighted by Gasteiger charge is -2.25. The zero-order valence-corrected chi connectivity index (χ0v) is 24.9. The van der Waals surface area contributed by atoms with Crippen molar-refractivity contribution < 1.29 is 29.0 Å². The molecule has 0 amide bonds. The predicted molar refractivity (Wildman–Crippen MR) is 150 cm³/mol. The third kappa shape index (κ3) is 7.35. The van der Waals surface area contributed by atoms with Gasteiger partial charge in [0.15, 0.2) is 0 Å². The first-order chi connectivity index (χ1) is 18.1. The third-order valence-electron chi connectivity index (χ3n) is 8.34. The molecule has 8 nitrogen and oxygen atoms in total. The highest BCUT2D eigenvalue weighted by molar-refractivity contribution is 5.99. The Morgan fingerprint density at radius 3 is 1.21 bits per heavy atom. The minimum atomic E-state index is -1.52. The van der Waals surface area contributed by atoms with Gasteiger partial charge in [-0.15, -0.1) is 0 Å². The molecule has 0 bridgehead atoms. The number of carbonyl (C=O) groups excluding carboxylic acids is 2. The second kappa shape index (κ2) is 15.5. The van der Waals surface area contributed by atoms with Crippen molar-refractivity contribution in [3.05, 3.63) is 35.4 Å². The summed E-state index contributed by atoms with van der Waals surface area (Å²) < 4.78 is 5.12. The normalized spacial score (nSPS) is 17.1. The van der Waals surface area contributed by atoms with E-state index in [1.807, 2.05) is 0 Å². The Labute approximate surface area is 229 Å². The standard InChI is InChI=1S/2C11H22N2.C8H6O4/c2*1-5-10-12-9-11(6-2,7-3)13(10)8-4;9-7(10)5-3-1-2-4-6(5)8(11)12/h2*5-9H2,1-4H3;1-4H,(H,9,10)(H,11,12). The fourth-order valence-corrected chi connectivity index (χ4v) is 5.77. The maximum absolute atomic E-state index is 10.3. The van der Waals surface area contributed by atoms with Gasteiger partial charge in [0.2, 0.25) is 11.7 Å². The largest absolute Gasteiger partial charge is 0.545 e. The Hall–Kier alpha value is -2.90. The summed E-state index contributed by atoms with van der Waals surface area (Å²) in [4.78, 5) is 20.6. The summed E-state index contributed by atoms with van der Waals surface area (Å²) in [6, 6.07) is 5.14. The Morgan fingerprint density at radius 1 is 0.684 bits per heavy atom. The average Bonchev–Trinajstić information content (AvgIpc) is 3.51. The van der Waals surface area contributed by atoms with E-state index in [0.29, 0.717) is 11.1 Å². The van der Waals surface area contributed by atoms with Gasteiger partial charge in [0.05, 0.1) is 25.0 Å². The van der Waals surface area contributed by atoms with E-state index in [9.17, 15) is 19.8 Å². The van der Waals surface area contributed by atoms with Crippen LogP contribution in [0.5, 0.6) is 0 Å². The first-order valence-electron chi connectivity index (χ1n) is 14.4. The molecule has 0 atom stereocenters. The molecule has 0 saturated carbocycles. The van der Waals surface area contributed by atoms with Gasteiger partial charge in [-0.2, -0.15) is 0 Å². The molecule has 2 aliphatic rings. The van der Waals surface area contributed by atoms with Crippen molar-refractivity contribution in [2.75, 3.05) is 26.2 Å². The molecule has 0 fully saturated rings. The first kappa shape index (κ1) is 33.1. The highest BCUT2D eigenvalue weighted by atomic mass is 16.4. The van der Waals surface area contributed by atoms with Crippen LogP contribution in [0.4, 0.5) is 0 Å². The zero-order valence-electron chi connectivity index (χ0n) is 24.9. The van der Waals surface area contributed by atoms with E-state index < -0.39 is 11.9 Å². The molecule has 0 saturated heterocycles. The SMILES string of the molecule is CCC1=[N+](CC)C(CC)(CC)CN1.CCC1=[N+](CC)C(CC)(CC)CN1.O=C([O-])c1ccccc1C(=O)[O-]. The molecule has 2 aliphatic heterocycles. The van der Waals surface area contributed by atoms with Crippen molar-refractivity contribution in [2.24, 2.45) is 0 Å². The van der Waals surface area contributed by atoms with Crippen LogP contribution < -0.4 is 20.8 Å². The number of carbonyl (C=O) groups is 2. The van der Waals surface area contributed by atoms with Gasteiger partial charge < -0.3 is 19.8 Å². The van der Waals surface area contributed by atoms with E-state index in [1.165, 1.54) is 49.5 Å². The fourth-order valence-electron chi connectivity index (χ4n) is 5.77. The number of aromatic carboxylic acids is 2. The van der Waals surface area contributed by atoms with E-state index in [1.54, 1.807) is 0 Å². The van der Waals surface area contributed by atoms with Gasteiger partial charge in [0.25, 0.3) is 0 Å². The van der Waals surface area contributed by atoms with Gasteiger partial charge in [0, 0.05) is 24.0 Å². The predicted octanol–water partition coefficient (Wildman–Crippen LogP) is 2.39. The third-order valence-corrected chi connectivity index (χ3v) is 8.34. The highest BCUT2D eigenvalue weighted by Gasteiger charge is 2.43. The molecular formula is C30H50N4O4. The van der Waals surface area contributed by atoms with Gasteiger partial charge in [-0.1, -0.05) is 65.8 Å². The number of benzene rings is 1. The van der Waals surface area contributed by atoms with E-state index in [4.69, 9.17) is 0 Å². The Kier molecular flexibility index (Phi) is 13.5. The second-order valence-electron chi connectivity index (χ2n) is 9.78. The zero-order chi connectivity index (χ0) is 28.9. The number of amidine groups is 2. The monoisotopic (exact) mass is 530 g/mol. The molecule has 214 valence electrons. The maximum atomic E-state index is 10.3. The lowest BCUT2D eigenvalue weighted by atomic mass is 9.93. The van der Waals surface area contributed by atoms with Crippen molar-refractivity contribution in [3.63, 3.8) is 0 Å². The van der Waals surface area contributed by atoms with Crippen LogP contribution in [-0.2, 0) is 0 Å². The van der Waals surface area contributed by atoms with Crippen LogP contribution in [0, 0.1) is 0 Å². The molecule has 38 heavy (non-hydrogen) atoms. The molecule has 0 aromatic heterocycles. The smallest absolute Gasteiger partial charge is 0.245 e. The van der Waals surface area contributed by atoms with Gasteiger partial charge in [-0.3, -0.25) is 19.8 Å². The summed E-state index contributed by atoms with van der Waals surface area (Å²) in [5, 5.41) is 27.7. The lowest BCUT2D eigenvalue weighted by Crippen LogP contribution is -2.41. The quantitative estimate of drug-likeness (QED) is 0.450. The van der Waals surface area contributed by atoms with Gasteiger partial charge in [-0.05, 0) is 39.5 Å². The van der Waals surface area contributed by atoms with Crippen molar-refractivity contribution in [1.82, 2.24) is 10.6 Å². The number of hydrogen-bond donors (Lipinski definition) is 2. The van der Waals surface area contributed by atoms with Gasteiger partial charge in [-0.25, -0.2) is 0 Å². The highest BCUT2D eigenvalue weighted by Crippen LogP contribution is 2.24. The maximum Gasteiger partial charge on any atom is 0.245 e. The number of nitrogens with zero attached hydrogens (tertiary/aromatic N) is 2. The molecule has 2 N–H and O–H groups in total. The van der Waals surface area contributed by atoms with Crippen LogP contribution >= 0.6 is 0 Å². The van der Waals surface area contributed by atoms with Gasteiger partial charge in [0.1, 0.15) is 24.2 Å². The van der Waals surface area contributed by atoms with E-state index in [-0.39, 0.29) is 11.1 Å². The molecule has 2 heterocycles. The molecule has 0 spiro atoms. The molecule has 1 aromatic rings. The summed E-state index contributed by atoms with van der Waals surface area (Å²) in [6.07, 6.45) is 7.24. The Bertz CT molecular complexity index is 913. The van der Waals surface area contributed by atoms with Crippen LogP contribution in [0.1, 0.15) is 115 Å². The Morgan fingerprint density at radius 2 is 1.00 bits per heavy atom. The van der Waals surface area contributed by atoms with E-state index >= 15 is 0 Å². The van der Waals surface area contributed by atoms with E-state index in [0.717, 1.165) is 51.2 Å². The molecule has 1 aromatic carbocycles. The molecular weight excluding hydrogens is 480 g/mol. The number of carboxylic acids is 2. The lowest BCUT2D eigenvalue weighted by molar-refractivity contribution is -0.597.